The topological polar surface area (TPSA) is 69.7 Å². The van der Waals surface area contributed by atoms with Crippen LogP contribution in [-0.4, -0.2) is 4.98 Å². The highest BCUT2D eigenvalue weighted by Crippen LogP contribution is 2.21. The van der Waals surface area contributed by atoms with Crippen LogP contribution in [0.1, 0.15) is 11.1 Å². The van der Waals surface area contributed by atoms with Gasteiger partial charge < -0.3 is 4.74 Å². The van der Waals surface area contributed by atoms with Crippen molar-refractivity contribution in [2.24, 2.45) is 0 Å². The third kappa shape index (κ3) is 2.58. The van der Waals surface area contributed by atoms with Gasteiger partial charge in [0.25, 0.3) is 0 Å². The molecule has 1 aromatic carbocycles. The molecule has 0 fully saturated rings. The van der Waals surface area contributed by atoms with Crippen LogP contribution < -0.4 is 4.74 Å². The van der Waals surface area contributed by atoms with Gasteiger partial charge in [0.2, 0.25) is 5.88 Å². The molecule has 0 atom stereocenters. The Labute approximate surface area is 98.3 Å². The average molecular weight is 221 g/mol. The van der Waals surface area contributed by atoms with Gasteiger partial charge in [-0.1, -0.05) is 6.07 Å². The molecule has 4 heteroatoms. The molecule has 1 aromatic heterocycles. The summed E-state index contributed by atoms with van der Waals surface area (Å²) in [6.07, 6.45) is 1.61. The summed E-state index contributed by atoms with van der Waals surface area (Å²) in [5.74, 6) is 0.853. The third-order valence-corrected chi connectivity index (χ3v) is 2.02. The quantitative estimate of drug-likeness (QED) is 0.781. The first kappa shape index (κ1) is 10.7. The summed E-state index contributed by atoms with van der Waals surface area (Å²) in [5.41, 5.74) is 0.768. The highest BCUT2D eigenvalue weighted by molar-refractivity contribution is 5.46. The second-order valence-electron chi connectivity index (χ2n) is 3.24. The summed E-state index contributed by atoms with van der Waals surface area (Å²) >= 11 is 0. The van der Waals surface area contributed by atoms with Crippen LogP contribution in [-0.2, 0) is 0 Å². The Kier molecular flexibility index (Phi) is 3.00. The number of aromatic nitrogens is 1. The van der Waals surface area contributed by atoms with Gasteiger partial charge >= 0.3 is 0 Å². The van der Waals surface area contributed by atoms with Crippen LogP contribution in [0.2, 0.25) is 0 Å². The Morgan fingerprint density at radius 1 is 1.00 bits per heavy atom. The molecule has 80 valence electrons. The molecule has 0 radical (unpaired) electrons. The molecule has 0 amide bonds. The van der Waals surface area contributed by atoms with Gasteiger partial charge in [0.15, 0.2) is 0 Å². The zero-order valence-corrected chi connectivity index (χ0v) is 8.79. The first-order valence-electron chi connectivity index (χ1n) is 4.86. The predicted molar refractivity (Wildman–Crippen MR) is 60.2 cm³/mol. The minimum Gasteiger partial charge on any atom is -0.439 e. The van der Waals surface area contributed by atoms with Gasteiger partial charge in [0.05, 0.1) is 23.3 Å². The summed E-state index contributed by atoms with van der Waals surface area (Å²) in [5, 5.41) is 17.6. The largest absolute Gasteiger partial charge is 0.439 e. The van der Waals surface area contributed by atoms with Crippen molar-refractivity contribution in [2.45, 2.75) is 0 Å². The number of nitrogens with zero attached hydrogens (tertiary/aromatic N) is 3. The van der Waals surface area contributed by atoms with Crippen molar-refractivity contribution >= 4 is 0 Å². The van der Waals surface area contributed by atoms with Gasteiger partial charge in [-0.3, -0.25) is 0 Å². The molecule has 0 spiro atoms. The number of pyridine rings is 1. The number of hydrogen-bond acceptors (Lipinski definition) is 4. The van der Waals surface area contributed by atoms with E-state index in [9.17, 15) is 0 Å². The van der Waals surface area contributed by atoms with Gasteiger partial charge in [-0.15, -0.1) is 0 Å². The van der Waals surface area contributed by atoms with Crippen LogP contribution in [0.5, 0.6) is 11.6 Å². The molecule has 4 nitrogen and oxygen atoms in total. The average Bonchev–Trinajstić information content (AvgIpc) is 2.39. The number of benzene rings is 1. The lowest BCUT2D eigenvalue weighted by Gasteiger charge is -2.04. The number of hydrogen-bond donors (Lipinski definition) is 0. The van der Waals surface area contributed by atoms with E-state index < -0.39 is 0 Å². The fraction of sp³-hybridized carbons (Fsp3) is 0. The standard InChI is InChI=1S/C13H7N3O/c14-8-10-5-11(9-15)7-12(6-10)17-13-3-1-2-4-16-13/h1-7H. The van der Waals surface area contributed by atoms with Crippen LogP contribution in [0.25, 0.3) is 0 Å². The maximum atomic E-state index is 8.82. The highest BCUT2D eigenvalue weighted by Gasteiger charge is 2.03. The summed E-state index contributed by atoms with van der Waals surface area (Å²) in [6.45, 7) is 0. The Hall–Kier alpha value is -2.85. The third-order valence-electron chi connectivity index (χ3n) is 2.02. The molecule has 0 saturated heterocycles. The molecule has 0 aliphatic heterocycles. The maximum absolute atomic E-state index is 8.82. The van der Waals surface area contributed by atoms with Crippen molar-refractivity contribution in [3.8, 4) is 23.8 Å². The van der Waals surface area contributed by atoms with Crippen molar-refractivity contribution in [1.82, 2.24) is 4.98 Å². The van der Waals surface area contributed by atoms with Crippen molar-refractivity contribution in [3.63, 3.8) is 0 Å². The molecule has 0 saturated carbocycles. The Balaban J connectivity index is 2.34. The normalized spacial score (nSPS) is 9.06. The minimum atomic E-state index is 0.384. The SMILES string of the molecule is N#Cc1cc(C#N)cc(Oc2ccccn2)c1. The van der Waals surface area contributed by atoms with Gasteiger partial charge in [-0.2, -0.15) is 10.5 Å². The van der Waals surface area contributed by atoms with E-state index in [0.29, 0.717) is 22.8 Å². The summed E-state index contributed by atoms with van der Waals surface area (Å²) in [6, 6.07) is 13.9. The second kappa shape index (κ2) is 4.78. The first-order valence-corrected chi connectivity index (χ1v) is 4.86. The molecule has 0 aliphatic carbocycles. The van der Waals surface area contributed by atoms with Crippen molar-refractivity contribution in [3.05, 3.63) is 53.7 Å². The van der Waals surface area contributed by atoms with E-state index in [1.165, 1.54) is 6.07 Å². The predicted octanol–water partition coefficient (Wildman–Crippen LogP) is 2.62. The van der Waals surface area contributed by atoms with E-state index >= 15 is 0 Å². The molecular formula is C13H7N3O. The molecule has 1 heterocycles. The van der Waals surface area contributed by atoms with Crippen LogP contribution >= 0.6 is 0 Å². The Bertz CT molecular complexity index is 577. The summed E-state index contributed by atoms with van der Waals surface area (Å²) < 4.78 is 5.45. The Morgan fingerprint density at radius 2 is 1.71 bits per heavy atom. The van der Waals surface area contributed by atoms with Gasteiger partial charge in [0, 0.05) is 12.3 Å². The molecule has 0 N–H and O–H groups in total. The summed E-state index contributed by atoms with van der Waals surface area (Å²) in [7, 11) is 0. The number of ether oxygens (including phenoxy) is 1. The van der Waals surface area contributed by atoms with E-state index in [0.717, 1.165) is 0 Å². The van der Waals surface area contributed by atoms with E-state index in [2.05, 4.69) is 4.98 Å². The smallest absolute Gasteiger partial charge is 0.219 e. The van der Waals surface area contributed by atoms with Gasteiger partial charge in [-0.05, 0) is 24.3 Å². The van der Waals surface area contributed by atoms with Crippen LogP contribution in [0, 0.1) is 22.7 Å². The van der Waals surface area contributed by atoms with Crippen molar-refractivity contribution in [1.29, 1.82) is 10.5 Å². The lowest BCUT2D eigenvalue weighted by atomic mass is 10.1. The monoisotopic (exact) mass is 221 g/mol. The van der Waals surface area contributed by atoms with E-state index in [1.807, 2.05) is 12.1 Å². The zero-order valence-electron chi connectivity index (χ0n) is 8.79. The Morgan fingerprint density at radius 3 is 2.24 bits per heavy atom. The van der Waals surface area contributed by atoms with Crippen LogP contribution in [0.4, 0.5) is 0 Å². The molecule has 17 heavy (non-hydrogen) atoms. The molecule has 2 aromatic rings. The van der Waals surface area contributed by atoms with Crippen LogP contribution in [0.15, 0.2) is 42.6 Å². The van der Waals surface area contributed by atoms with E-state index in [-0.39, 0.29) is 0 Å². The molecule has 0 unspecified atom stereocenters. The number of rotatable bonds is 2. The van der Waals surface area contributed by atoms with Crippen LogP contribution in [0.3, 0.4) is 0 Å². The lowest BCUT2D eigenvalue weighted by Crippen LogP contribution is -1.89. The molecule has 2 rings (SSSR count). The fourth-order valence-electron chi connectivity index (χ4n) is 1.32. The molecule has 0 bridgehead atoms. The number of nitriles is 2. The second-order valence-corrected chi connectivity index (χ2v) is 3.24. The van der Waals surface area contributed by atoms with Crippen molar-refractivity contribution < 1.29 is 4.74 Å². The van der Waals surface area contributed by atoms with Gasteiger partial charge in [0.1, 0.15) is 5.75 Å². The highest BCUT2D eigenvalue weighted by atomic mass is 16.5. The fourth-order valence-corrected chi connectivity index (χ4v) is 1.32. The van der Waals surface area contributed by atoms with E-state index in [1.54, 1.807) is 36.5 Å². The lowest BCUT2D eigenvalue weighted by molar-refractivity contribution is 0.462. The zero-order chi connectivity index (χ0) is 12.1. The first-order chi connectivity index (χ1) is 8.31. The minimum absolute atomic E-state index is 0.384. The summed E-state index contributed by atoms with van der Waals surface area (Å²) in [4.78, 5) is 4.00. The van der Waals surface area contributed by atoms with Crippen molar-refractivity contribution in [2.75, 3.05) is 0 Å². The molecular weight excluding hydrogens is 214 g/mol. The van der Waals surface area contributed by atoms with E-state index in [4.69, 9.17) is 15.3 Å². The molecule has 0 aliphatic rings. The van der Waals surface area contributed by atoms with Gasteiger partial charge in [-0.25, -0.2) is 4.98 Å². The maximum Gasteiger partial charge on any atom is 0.219 e.